The monoisotopic (exact) mass is 290 g/mol. The van der Waals surface area contributed by atoms with Crippen LogP contribution in [0.2, 0.25) is 5.02 Å². The molecule has 2 heterocycles. The largest absolute Gasteiger partial charge is 0.330 e. The highest BCUT2D eigenvalue weighted by atomic mass is 35.5. The molecule has 0 bridgehead atoms. The number of ketones is 1. The zero-order valence-corrected chi connectivity index (χ0v) is 11.8. The number of Topliss-reactive ketones (excluding diaryl/α,β-unsaturated/α-hetero) is 1. The Kier molecular flexibility index (Phi) is 3.12. The summed E-state index contributed by atoms with van der Waals surface area (Å²) in [7, 11) is 0. The van der Waals surface area contributed by atoms with Crippen molar-refractivity contribution >= 4 is 38.8 Å². The summed E-state index contributed by atoms with van der Waals surface area (Å²) in [5, 5.41) is 1.76. The van der Waals surface area contributed by atoms with Gasteiger partial charge in [0, 0.05) is 22.1 Å². The Labute approximate surface area is 119 Å². The van der Waals surface area contributed by atoms with E-state index in [-0.39, 0.29) is 5.78 Å². The summed E-state index contributed by atoms with van der Waals surface area (Å²) in [6.45, 7) is 2.29. The zero-order valence-electron chi connectivity index (χ0n) is 10.3. The minimum Gasteiger partial charge on any atom is -0.330 e. The number of halogens is 1. The second-order valence-corrected chi connectivity index (χ2v) is 5.84. The van der Waals surface area contributed by atoms with Gasteiger partial charge in [-0.25, -0.2) is 4.98 Å². The van der Waals surface area contributed by atoms with Crippen molar-refractivity contribution < 1.29 is 4.79 Å². The molecular formula is C14H11ClN2OS. The lowest BCUT2D eigenvalue weighted by molar-refractivity contribution is 0.0975. The molecule has 0 saturated carbocycles. The van der Waals surface area contributed by atoms with Gasteiger partial charge < -0.3 is 4.57 Å². The molecule has 0 aliphatic rings. The summed E-state index contributed by atoms with van der Waals surface area (Å²) in [6, 6.07) is 5.73. The first-order chi connectivity index (χ1) is 9.15. The van der Waals surface area contributed by atoms with Crippen molar-refractivity contribution in [3.63, 3.8) is 0 Å². The normalized spacial score (nSPS) is 11.1. The number of imidazole rings is 1. The Hall–Kier alpha value is -1.65. The molecule has 0 unspecified atom stereocenters. The van der Waals surface area contributed by atoms with Crippen molar-refractivity contribution in [3.05, 3.63) is 52.4 Å². The number of aryl methyl sites for hydroxylation is 1. The second-order valence-electron chi connectivity index (χ2n) is 4.35. The summed E-state index contributed by atoms with van der Waals surface area (Å²) in [5.41, 5.74) is 1.01. The third-order valence-electron chi connectivity index (χ3n) is 3.04. The molecule has 0 amide bonds. The molecule has 1 aromatic carbocycles. The lowest BCUT2D eigenvalue weighted by atomic mass is 10.1. The highest BCUT2D eigenvalue weighted by molar-refractivity contribution is 7.21. The third-order valence-corrected chi connectivity index (χ3v) is 4.59. The van der Waals surface area contributed by atoms with Gasteiger partial charge in [0.05, 0.1) is 17.7 Å². The summed E-state index contributed by atoms with van der Waals surface area (Å²) in [4.78, 5) is 17.1. The van der Waals surface area contributed by atoms with E-state index in [1.807, 2.05) is 25.1 Å². The maximum Gasteiger partial charge on any atom is 0.192 e. The zero-order chi connectivity index (χ0) is 13.4. The molecule has 0 radical (unpaired) electrons. The smallest absolute Gasteiger partial charge is 0.192 e. The van der Waals surface area contributed by atoms with Gasteiger partial charge in [-0.1, -0.05) is 11.6 Å². The molecule has 0 atom stereocenters. The Bertz CT molecular complexity index is 746. The fourth-order valence-electron chi connectivity index (χ4n) is 2.08. The van der Waals surface area contributed by atoms with Crippen molar-refractivity contribution in [2.45, 2.75) is 13.5 Å². The molecular weight excluding hydrogens is 280 g/mol. The quantitative estimate of drug-likeness (QED) is 0.685. The fourth-order valence-corrected chi connectivity index (χ4v) is 3.37. The van der Waals surface area contributed by atoms with E-state index >= 15 is 0 Å². The Morgan fingerprint density at radius 3 is 3.05 bits per heavy atom. The van der Waals surface area contributed by atoms with Crippen molar-refractivity contribution in [1.82, 2.24) is 9.55 Å². The van der Waals surface area contributed by atoms with Gasteiger partial charge in [0.25, 0.3) is 0 Å². The van der Waals surface area contributed by atoms with Crippen molar-refractivity contribution in [2.75, 3.05) is 0 Å². The van der Waals surface area contributed by atoms with Crippen molar-refractivity contribution in [2.24, 2.45) is 0 Å². The van der Waals surface area contributed by atoms with Crippen LogP contribution in [0.25, 0.3) is 10.1 Å². The number of hydrogen-bond donors (Lipinski definition) is 0. The van der Waals surface area contributed by atoms with E-state index in [1.165, 1.54) is 11.3 Å². The minimum atomic E-state index is 0.104. The van der Waals surface area contributed by atoms with Crippen LogP contribution < -0.4 is 0 Å². The van der Waals surface area contributed by atoms with Gasteiger partial charge in [0.1, 0.15) is 0 Å². The molecule has 3 rings (SSSR count). The van der Waals surface area contributed by atoms with Crippen LogP contribution in [0.3, 0.4) is 0 Å². The molecule has 19 heavy (non-hydrogen) atoms. The summed E-state index contributed by atoms with van der Waals surface area (Å²) in [5.74, 6) is 0.104. The highest BCUT2D eigenvalue weighted by Crippen LogP contribution is 2.33. The Balaban J connectivity index is 2.00. The Morgan fingerprint density at radius 2 is 2.32 bits per heavy atom. The van der Waals surface area contributed by atoms with Gasteiger partial charge >= 0.3 is 0 Å². The van der Waals surface area contributed by atoms with Crippen LogP contribution in [-0.4, -0.2) is 15.3 Å². The molecule has 0 aliphatic heterocycles. The van der Waals surface area contributed by atoms with Crippen molar-refractivity contribution in [3.8, 4) is 0 Å². The minimum absolute atomic E-state index is 0.104. The first-order valence-electron chi connectivity index (χ1n) is 5.83. The number of carbonyl (C=O) groups excluding carboxylic acids is 1. The van der Waals surface area contributed by atoms with Gasteiger partial charge in [-0.05, 0) is 36.1 Å². The maximum absolute atomic E-state index is 12.3. The molecule has 0 N–H and O–H groups in total. The number of hydrogen-bond acceptors (Lipinski definition) is 3. The van der Waals surface area contributed by atoms with Crippen LogP contribution in [-0.2, 0) is 6.54 Å². The van der Waals surface area contributed by atoms with Crippen LogP contribution >= 0.6 is 22.9 Å². The summed E-state index contributed by atoms with van der Waals surface area (Å²) in [6.07, 6.45) is 5.11. The number of fused-ring (bicyclic) bond motifs is 1. The molecule has 3 nitrogen and oxygen atoms in total. The fraction of sp³-hybridized carbons (Fsp3) is 0.143. The van der Waals surface area contributed by atoms with E-state index in [2.05, 4.69) is 4.98 Å². The third kappa shape index (κ3) is 2.29. The molecule has 0 spiro atoms. The second kappa shape index (κ2) is 4.79. The molecule has 0 fully saturated rings. The van der Waals surface area contributed by atoms with Crippen LogP contribution in [0.15, 0.2) is 36.9 Å². The highest BCUT2D eigenvalue weighted by Gasteiger charge is 2.15. The molecule has 5 heteroatoms. The van der Waals surface area contributed by atoms with E-state index in [4.69, 9.17) is 11.6 Å². The van der Waals surface area contributed by atoms with Gasteiger partial charge in [-0.2, -0.15) is 0 Å². The standard InChI is InChI=1S/C14H11ClN2OS/c1-9-11-6-10(15)2-3-13(11)19-14(9)12(18)7-17-5-4-16-8-17/h2-6,8H,7H2,1H3. The molecule has 0 aliphatic carbocycles. The first kappa shape index (κ1) is 12.4. The van der Waals surface area contributed by atoms with E-state index < -0.39 is 0 Å². The van der Waals surface area contributed by atoms with E-state index in [0.717, 1.165) is 20.5 Å². The molecule has 0 saturated heterocycles. The predicted molar refractivity (Wildman–Crippen MR) is 78.1 cm³/mol. The van der Waals surface area contributed by atoms with Gasteiger partial charge in [0.2, 0.25) is 0 Å². The number of nitrogens with zero attached hydrogens (tertiary/aromatic N) is 2. The first-order valence-corrected chi connectivity index (χ1v) is 7.02. The van der Waals surface area contributed by atoms with Gasteiger partial charge in [0.15, 0.2) is 5.78 Å². The van der Waals surface area contributed by atoms with Crippen LogP contribution in [0.5, 0.6) is 0 Å². The lowest BCUT2D eigenvalue weighted by Gasteiger charge is -2.00. The SMILES string of the molecule is Cc1c(C(=O)Cn2ccnc2)sc2ccc(Cl)cc12. The topological polar surface area (TPSA) is 34.9 Å². The van der Waals surface area contributed by atoms with Crippen molar-refractivity contribution in [1.29, 1.82) is 0 Å². The molecule has 96 valence electrons. The van der Waals surface area contributed by atoms with Gasteiger partial charge in [-0.3, -0.25) is 4.79 Å². The summed E-state index contributed by atoms with van der Waals surface area (Å²) >= 11 is 7.52. The van der Waals surface area contributed by atoms with Crippen LogP contribution in [0.4, 0.5) is 0 Å². The molecule has 3 aromatic rings. The van der Waals surface area contributed by atoms with E-state index in [0.29, 0.717) is 11.6 Å². The number of aromatic nitrogens is 2. The average molecular weight is 291 g/mol. The predicted octanol–water partition coefficient (Wildman–Crippen LogP) is 3.94. The van der Waals surface area contributed by atoms with Crippen LogP contribution in [0, 0.1) is 6.92 Å². The number of rotatable bonds is 3. The number of carbonyl (C=O) groups is 1. The van der Waals surface area contributed by atoms with E-state index in [1.54, 1.807) is 23.3 Å². The Morgan fingerprint density at radius 1 is 1.47 bits per heavy atom. The summed E-state index contributed by atoms with van der Waals surface area (Å²) < 4.78 is 2.87. The average Bonchev–Trinajstić information content (AvgIpc) is 2.98. The maximum atomic E-state index is 12.3. The molecule has 2 aromatic heterocycles. The lowest BCUT2D eigenvalue weighted by Crippen LogP contribution is -2.08. The number of benzene rings is 1. The van der Waals surface area contributed by atoms with Crippen LogP contribution in [0.1, 0.15) is 15.2 Å². The van der Waals surface area contributed by atoms with E-state index in [9.17, 15) is 4.79 Å². The number of thiophene rings is 1. The van der Waals surface area contributed by atoms with Gasteiger partial charge in [-0.15, -0.1) is 11.3 Å².